The number of nitrogens with one attached hydrogen (secondary N) is 1. The Hall–Kier alpha value is -1.06. The van der Waals surface area contributed by atoms with E-state index in [4.69, 9.17) is 0 Å². The van der Waals surface area contributed by atoms with Gasteiger partial charge in [0.1, 0.15) is 5.54 Å². The zero-order valence-corrected chi connectivity index (χ0v) is 12.2. The molecule has 108 valence electrons. The van der Waals surface area contributed by atoms with Gasteiger partial charge in [-0.15, -0.1) is 0 Å². The van der Waals surface area contributed by atoms with Gasteiger partial charge in [-0.3, -0.25) is 9.59 Å². The first kappa shape index (κ1) is 14.4. The van der Waals surface area contributed by atoms with Crippen LogP contribution in [0.2, 0.25) is 0 Å². The van der Waals surface area contributed by atoms with E-state index >= 15 is 0 Å². The molecule has 1 unspecified atom stereocenters. The number of hydrogen-bond donors (Lipinski definition) is 1. The lowest BCUT2D eigenvalue weighted by atomic mass is 9.80. The van der Waals surface area contributed by atoms with Gasteiger partial charge in [0.25, 0.3) is 0 Å². The second-order valence-corrected chi connectivity index (χ2v) is 6.10. The highest BCUT2D eigenvalue weighted by molar-refractivity contribution is 5.94. The van der Waals surface area contributed by atoms with Crippen LogP contribution in [0.4, 0.5) is 0 Å². The smallest absolute Gasteiger partial charge is 0.248 e. The van der Waals surface area contributed by atoms with Gasteiger partial charge in [0, 0.05) is 19.0 Å². The predicted octanol–water partition coefficient (Wildman–Crippen LogP) is 2.23. The van der Waals surface area contributed by atoms with E-state index < -0.39 is 5.54 Å². The zero-order valence-electron chi connectivity index (χ0n) is 12.2. The Morgan fingerprint density at radius 2 is 1.95 bits per heavy atom. The van der Waals surface area contributed by atoms with Crippen LogP contribution in [-0.2, 0) is 9.59 Å². The average Bonchev–Trinajstić information content (AvgIpc) is 2.46. The number of rotatable bonds is 3. The van der Waals surface area contributed by atoms with E-state index in [1.807, 2.05) is 11.8 Å². The third kappa shape index (κ3) is 2.93. The van der Waals surface area contributed by atoms with Gasteiger partial charge < -0.3 is 10.2 Å². The fraction of sp³-hybridized carbons (Fsp3) is 0.867. The van der Waals surface area contributed by atoms with E-state index in [2.05, 4.69) is 12.2 Å². The maximum atomic E-state index is 12.9. The van der Waals surface area contributed by atoms with Gasteiger partial charge in [0.05, 0.1) is 0 Å². The van der Waals surface area contributed by atoms with E-state index in [1.165, 1.54) is 6.42 Å². The third-order valence-electron chi connectivity index (χ3n) is 4.52. The van der Waals surface area contributed by atoms with Crippen molar-refractivity contribution < 1.29 is 9.59 Å². The summed E-state index contributed by atoms with van der Waals surface area (Å²) in [6.07, 6.45) is 7.42. The Morgan fingerprint density at radius 1 is 1.26 bits per heavy atom. The van der Waals surface area contributed by atoms with Crippen molar-refractivity contribution in [3.63, 3.8) is 0 Å². The lowest BCUT2D eigenvalue weighted by Gasteiger charge is -2.39. The van der Waals surface area contributed by atoms with E-state index in [9.17, 15) is 9.59 Å². The number of amides is 2. The molecule has 19 heavy (non-hydrogen) atoms. The van der Waals surface area contributed by atoms with Gasteiger partial charge >= 0.3 is 0 Å². The summed E-state index contributed by atoms with van der Waals surface area (Å²) in [6.45, 7) is 4.91. The monoisotopic (exact) mass is 266 g/mol. The SMILES string of the molecule is CCCCN1C(=O)C2(CCCCC2)NC(=O)CC1C. The molecule has 0 radical (unpaired) electrons. The molecule has 1 N–H and O–H groups in total. The predicted molar refractivity (Wildman–Crippen MR) is 74.7 cm³/mol. The summed E-state index contributed by atoms with van der Waals surface area (Å²) in [5, 5.41) is 3.05. The van der Waals surface area contributed by atoms with Crippen LogP contribution >= 0.6 is 0 Å². The molecule has 2 fully saturated rings. The van der Waals surface area contributed by atoms with Crippen molar-refractivity contribution in [2.75, 3.05) is 6.54 Å². The van der Waals surface area contributed by atoms with Crippen molar-refractivity contribution in [2.24, 2.45) is 0 Å². The van der Waals surface area contributed by atoms with Crippen LogP contribution in [0.15, 0.2) is 0 Å². The molecule has 0 bridgehead atoms. The molecule has 1 saturated carbocycles. The largest absolute Gasteiger partial charge is 0.342 e. The van der Waals surface area contributed by atoms with Crippen LogP contribution < -0.4 is 5.32 Å². The minimum absolute atomic E-state index is 0.0281. The van der Waals surface area contributed by atoms with Gasteiger partial charge in [0.2, 0.25) is 11.8 Å². The number of carbonyl (C=O) groups excluding carboxylic acids is 2. The molecule has 2 amide bonds. The van der Waals surface area contributed by atoms with Crippen LogP contribution in [0.5, 0.6) is 0 Å². The highest BCUT2D eigenvalue weighted by atomic mass is 16.2. The Morgan fingerprint density at radius 3 is 2.58 bits per heavy atom. The summed E-state index contributed by atoms with van der Waals surface area (Å²) in [5.41, 5.74) is -0.589. The number of nitrogens with zero attached hydrogens (tertiary/aromatic N) is 1. The molecular weight excluding hydrogens is 240 g/mol. The van der Waals surface area contributed by atoms with Crippen molar-refractivity contribution in [2.45, 2.75) is 76.8 Å². The standard InChI is InChI=1S/C15H26N2O2/c1-3-4-10-17-12(2)11-13(18)16-15(14(17)19)8-6-5-7-9-15/h12H,3-11H2,1-2H3,(H,16,18). The summed E-state index contributed by atoms with van der Waals surface area (Å²) in [4.78, 5) is 26.9. The second-order valence-electron chi connectivity index (χ2n) is 6.10. The summed E-state index contributed by atoms with van der Waals surface area (Å²) in [5.74, 6) is 0.209. The first-order chi connectivity index (χ1) is 9.09. The van der Waals surface area contributed by atoms with E-state index in [-0.39, 0.29) is 17.9 Å². The van der Waals surface area contributed by atoms with E-state index in [0.717, 1.165) is 45.1 Å². The molecule has 4 nitrogen and oxygen atoms in total. The molecule has 1 saturated heterocycles. The third-order valence-corrected chi connectivity index (χ3v) is 4.52. The minimum atomic E-state index is -0.589. The summed E-state index contributed by atoms with van der Waals surface area (Å²) >= 11 is 0. The molecule has 1 aliphatic carbocycles. The maximum Gasteiger partial charge on any atom is 0.248 e. The summed E-state index contributed by atoms with van der Waals surface area (Å²) in [7, 11) is 0. The number of unbranched alkanes of at least 4 members (excludes halogenated alkanes) is 1. The quantitative estimate of drug-likeness (QED) is 0.851. The van der Waals surface area contributed by atoms with Crippen molar-refractivity contribution in [1.29, 1.82) is 0 Å². The van der Waals surface area contributed by atoms with Crippen molar-refractivity contribution >= 4 is 11.8 Å². The van der Waals surface area contributed by atoms with Crippen molar-refractivity contribution in [3.05, 3.63) is 0 Å². The fourth-order valence-electron chi connectivity index (χ4n) is 3.37. The topological polar surface area (TPSA) is 49.4 Å². The van der Waals surface area contributed by atoms with Crippen LogP contribution in [0.25, 0.3) is 0 Å². The van der Waals surface area contributed by atoms with Gasteiger partial charge in [-0.1, -0.05) is 32.6 Å². The fourth-order valence-corrected chi connectivity index (χ4v) is 3.37. The molecule has 2 rings (SSSR count). The lowest BCUT2D eigenvalue weighted by Crippen LogP contribution is -2.58. The molecule has 1 spiro atoms. The molecule has 1 aliphatic heterocycles. The Kier molecular flexibility index (Phi) is 4.48. The van der Waals surface area contributed by atoms with Gasteiger partial charge in [-0.2, -0.15) is 0 Å². The summed E-state index contributed by atoms with van der Waals surface area (Å²) < 4.78 is 0. The Balaban J connectivity index is 2.22. The van der Waals surface area contributed by atoms with Crippen molar-refractivity contribution in [3.8, 4) is 0 Å². The maximum absolute atomic E-state index is 12.9. The zero-order chi connectivity index (χ0) is 13.9. The average molecular weight is 266 g/mol. The van der Waals surface area contributed by atoms with Crippen molar-refractivity contribution in [1.82, 2.24) is 10.2 Å². The molecule has 0 aromatic carbocycles. The normalized spacial score (nSPS) is 27.3. The molecule has 1 atom stereocenters. The Labute approximate surface area is 115 Å². The number of hydrogen-bond acceptors (Lipinski definition) is 2. The highest BCUT2D eigenvalue weighted by Gasteiger charge is 2.46. The summed E-state index contributed by atoms with van der Waals surface area (Å²) in [6, 6.07) is 0.0281. The Bertz CT molecular complexity index is 348. The van der Waals surface area contributed by atoms with Crippen LogP contribution in [0.1, 0.15) is 65.2 Å². The molecular formula is C15H26N2O2. The molecule has 0 aromatic heterocycles. The molecule has 2 aliphatic rings. The second kappa shape index (κ2) is 5.93. The minimum Gasteiger partial charge on any atom is -0.342 e. The first-order valence-electron chi connectivity index (χ1n) is 7.71. The molecule has 1 heterocycles. The molecule has 4 heteroatoms. The lowest BCUT2D eigenvalue weighted by molar-refractivity contribution is -0.141. The van der Waals surface area contributed by atoms with E-state index in [0.29, 0.717) is 6.42 Å². The van der Waals surface area contributed by atoms with Gasteiger partial charge in [-0.05, 0) is 26.2 Å². The highest BCUT2D eigenvalue weighted by Crippen LogP contribution is 2.32. The van der Waals surface area contributed by atoms with Gasteiger partial charge in [-0.25, -0.2) is 0 Å². The van der Waals surface area contributed by atoms with Crippen LogP contribution in [-0.4, -0.2) is 34.8 Å². The van der Waals surface area contributed by atoms with E-state index in [1.54, 1.807) is 0 Å². The molecule has 0 aromatic rings. The number of carbonyl (C=O) groups is 2. The van der Waals surface area contributed by atoms with Crippen LogP contribution in [0.3, 0.4) is 0 Å². The van der Waals surface area contributed by atoms with Crippen LogP contribution in [0, 0.1) is 0 Å². The van der Waals surface area contributed by atoms with Gasteiger partial charge in [0.15, 0.2) is 0 Å². The first-order valence-corrected chi connectivity index (χ1v) is 7.71.